The van der Waals surface area contributed by atoms with Crippen molar-refractivity contribution >= 4 is 28.9 Å². The van der Waals surface area contributed by atoms with E-state index >= 15 is 0 Å². The summed E-state index contributed by atoms with van der Waals surface area (Å²) in [6.45, 7) is 4.95. The lowest BCUT2D eigenvalue weighted by Crippen LogP contribution is -2.08. The van der Waals surface area contributed by atoms with Crippen molar-refractivity contribution in [3.05, 3.63) is 58.2 Å². The van der Waals surface area contributed by atoms with E-state index in [0.717, 1.165) is 34.0 Å². The molecule has 0 saturated carbocycles. The van der Waals surface area contributed by atoms with Gasteiger partial charge in [-0.1, -0.05) is 31.0 Å². The first kappa shape index (κ1) is 22.2. The Morgan fingerprint density at radius 1 is 1.13 bits per heavy atom. The van der Waals surface area contributed by atoms with Gasteiger partial charge in [0.05, 0.1) is 30.4 Å². The number of carbonyl (C=O) groups is 1. The minimum Gasteiger partial charge on any atom is -0.494 e. The van der Waals surface area contributed by atoms with Crippen LogP contribution in [0.1, 0.15) is 31.6 Å². The quantitative estimate of drug-likeness (QED) is 0.275. The molecule has 0 N–H and O–H groups in total. The van der Waals surface area contributed by atoms with Gasteiger partial charge in [-0.15, -0.1) is 11.3 Å². The Hall–Kier alpha value is -2.44. The van der Waals surface area contributed by atoms with Crippen LogP contribution in [0.25, 0.3) is 21.8 Å². The lowest BCUT2D eigenvalue weighted by molar-refractivity contribution is -0.142. The van der Waals surface area contributed by atoms with E-state index in [-0.39, 0.29) is 17.4 Å². The Kier molecular flexibility index (Phi) is 7.82. The molecule has 0 saturated heterocycles. The van der Waals surface area contributed by atoms with Gasteiger partial charge in [-0.05, 0) is 49.7 Å². The summed E-state index contributed by atoms with van der Waals surface area (Å²) in [5, 5.41) is 0.779. The minimum atomic E-state index is -0.527. The zero-order valence-electron chi connectivity index (χ0n) is 16.9. The maximum absolute atomic E-state index is 14.0. The molecule has 1 heterocycles. The Balaban J connectivity index is 1.94. The fourth-order valence-corrected chi connectivity index (χ4v) is 4.03. The fourth-order valence-electron chi connectivity index (χ4n) is 2.84. The van der Waals surface area contributed by atoms with E-state index in [9.17, 15) is 9.18 Å². The highest BCUT2D eigenvalue weighted by Crippen LogP contribution is 2.36. The Bertz CT molecular complexity index is 1000. The van der Waals surface area contributed by atoms with Crippen molar-refractivity contribution in [2.24, 2.45) is 0 Å². The summed E-state index contributed by atoms with van der Waals surface area (Å²) in [6, 6.07) is 12.1. The molecule has 0 aliphatic carbocycles. The van der Waals surface area contributed by atoms with Gasteiger partial charge in [0.2, 0.25) is 0 Å². The number of hydrogen-bond donors (Lipinski definition) is 0. The van der Waals surface area contributed by atoms with Gasteiger partial charge in [0.25, 0.3) is 0 Å². The number of carbonyl (C=O) groups excluding carboxylic acids is 1. The Morgan fingerprint density at radius 2 is 1.87 bits per heavy atom. The second-order valence-electron chi connectivity index (χ2n) is 6.63. The number of unbranched alkanes of at least 4 members (excludes halogenated alkanes) is 1. The van der Waals surface area contributed by atoms with Crippen LogP contribution in [0.3, 0.4) is 0 Å². The molecule has 0 aliphatic rings. The number of esters is 1. The molecule has 0 radical (unpaired) electrons. The zero-order chi connectivity index (χ0) is 21.5. The lowest BCUT2D eigenvalue weighted by atomic mass is 10.1. The van der Waals surface area contributed by atoms with Crippen molar-refractivity contribution in [1.82, 2.24) is 4.98 Å². The van der Waals surface area contributed by atoms with Gasteiger partial charge in [-0.25, -0.2) is 9.37 Å². The molecule has 0 atom stereocenters. The van der Waals surface area contributed by atoms with E-state index in [2.05, 4.69) is 0 Å². The van der Waals surface area contributed by atoms with Crippen LogP contribution >= 0.6 is 22.9 Å². The van der Waals surface area contributed by atoms with E-state index in [0.29, 0.717) is 24.5 Å². The van der Waals surface area contributed by atoms with Crippen molar-refractivity contribution in [2.45, 2.75) is 33.1 Å². The maximum atomic E-state index is 14.0. The largest absolute Gasteiger partial charge is 0.494 e. The number of halogens is 2. The molecule has 7 heteroatoms. The van der Waals surface area contributed by atoms with Crippen molar-refractivity contribution in [3.8, 4) is 27.6 Å². The maximum Gasteiger partial charge on any atom is 0.311 e. The Morgan fingerprint density at radius 3 is 2.53 bits per heavy atom. The third-order valence-corrected chi connectivity index (χ3v) is 5.78. The SMILES string of the molecule is CCCCOC(=O)Cc1sc(-c2ccc(OCC)cc2)nc1-c1ccc(Cl)c(F)c1. The smallest absolute Gasteiger partial charge is 0.311 e. The molecule has 0 aliphatic heterocycles. The number of rotatable bonds is 9. The standard InChI is InChI=1S/C23H23ClFNO3S/c1-3-5-12-29-21(27)14-20-22(16-8-11-18(24)19(25)13-16)26-23(30-20)15-6-9-17(10-7-15)28-4-2/h6-11,13H,3-5,12,14H2,1-2H3. The first-order chi connectivity index (χ1) is 14.5. The van der Waals surface area contributed by atoms with E-state index < -0.39 is 5.82 Å². The van der Waals surface area contributed by atoms with Crippen LogP contribution < -0.4 is 4.74 Å². The van der Waals surface area contributed by atoms with Crippen molar-refractivity contribution in [2.75, 3.05) is 13.2 Å². The summed E-state index contributed by atoms with van der Waals surface area (Å²) < 4.78 is 24.8. The highest BCUT2D eigenvalue weighted by atomic mass is 35.5. The summed E-state index contributed by atoms with van der Waals surface area (Å²) in [4.78, 5) is 17.7. The van der Waals surface area contributed by atoms with Crippen LogP contribution in [0.5, 0.6) is 5.75 Å². The highest BCUT2D eigenvalue weighted by Gasteiger charge is 2.19. The number of thiazole rings is 1. The number of aromatic nitrogens is 1. The molecule has 2 aromatic carbocycles. The average molecular weight is 448 g/mol. The summed E-state index contributed by atoms with van der Waals surface area (Å²) in [5.74, 6) is -0.0696. The summed E-state index contributed by atoms with van der Waals surface area (Å²) in [5.41, 5.74) is 2.03. The molecule has 30 heavy (non-hydrogen) atoms. The third-order valence-electron chi connectivity index (χ3n) is 4.37. The molecule has 4 nitrogen and oxygen atoms in total. The number of ether oxygens (including phenoxy) is 2. The van der Waals surface area contributed by atoms with Crippen LogP contribution in [-0.2, 0) is 16.0 Å². The van der Waals surface area contributed by atoms with Crippen molar-refractivity contribution in [3.63, 3.8) is 0 Å². The fraction of sp³-hybridized carbons (Fsp3) is 0.304. The number of nitrogens with zero attached hydrogens (tertiary/aromatic N) is 1. The summed E-state index contributed by atoms with van der Waals surface area (Å²) >= 11 is 7.22. The van der Waals surface area contributed by atoms with Gasteiger partial charge in [-0.3, -0.25) is 4.79 Å². The highest BCUT2D eigenvalue weighted by molar-refractivity contribution is 7.15. The average Bonchev–Trinajstić information content (AvgIpc) is 3.14. The van der Waals surface area contributed by atoms with Crippen LogP contribution in [-0.4, -0.2) is 24.2 Å². The van der Waals surface area contributed by atoms with Crippen molar-refractivity contribution < 1.29 is 18.7 Å². The predicted molar refractivity (Wildman–Crippen MR) is 119 cm³/mol. The predicted octanol–water partition coefficient (Wildman–Crippen LogP) is 6.55. The molecular weight excluding hydrogens is 425 g/mol. The molecule has 1 aromatic heterocycles. The molecule has 3 rings (SSSR count). The van der Waals surface area contributed by atoms with E-state index in [1.165, 1.54) is 23.5 Å². The van der Waals surface area contributed by atoms with E-state index in [1.807, 2.05) is 38.1 Å². The topological polar surface area (TPSA) is 48.4 Å². The molecule has 0 fully saturated rings. The molecule has 0 bridgehead atoms. The van der Waals surface area contributed by atoms with Gasteiger partial charge in [0.1, 0.15) is 16.6 Å². The van der Waals surface area contributed by atoms with Crippen LogP contribution in [0.4, 0.5) is 4.39 Å². The molecular formula is C23H23ClFNO3S. The lowest BCUT2D eigenvalue weighted by Gasteiger charge is -2.05. The number of benzene rings is 2. The molecule has 3 aromatic rings. The summed E-state index contributed by atoms with van der Waals surface area (Å²) in [7, 11) is 0. The van der Waals surface area contributed by atoms with Crippen LogP contribution in [0.15, 0.2) is 42.5 Å². The van der Waals surface area contributed by atoms with Gasteiger partial charge >= 0.3 is 5.97 Å². The van der Waals surface area contributed by atoms with Gasteiger partial charge in [-0.2, -0.15) is 0 Å². The van der Waals surface area contributed by atoms with Crippen LogP contribution in [0, 0.1) is 5.82 Å². The summed E-state index contributed by atoms with van der Waals surface area (Å²) in [6.07, 6.45) is 1.85. The first-order valence-corrected chi connectivity index (χ1v) is 11.0. The molecule has 0 spiro atoms. The van der Waals surface area contributed by atoms with Gasteiger partial charge in [0.15, 0.2) is 0 Å². The van der Waals surface area contributed by atoms with Gasteiger partial charge < -0.3 is 9.47 Å². The van der Waals surface area contributed by atoms with E-state index in [1.54, 1.807) is 6.07 Å². The molecule has 0 unspecified atom stereocenters. The van der Waals surface area contributed by atoms with Gasteiger partial charge in [0, 0.05) is 16.0 Å². The monoisotopic (exact) mass is 447 g/mol. The molecule has 158 valence electrons. The third kappa shape index (κ3) is 5.58. The second-order valence-corrected chi connectivity index (χ2v) is 8.12. The minimum absolute atomic E-state index is 0.0428. The molecule has 0 amide bonds. The number of hydrogen-bond acceptors (Lipinski definition) is 5. The first-order valence-electron chi connectivity index (χ1n) is 9.85. The van der Waals surface area contributed by atoms with Crippen LogP contribution in [0.2, 0.25) is 5.02 Å². The van der Waals surface area contributed by atoms with E-state index in [4.69, 9.17) is 26.1 Å². The zero-order valence-corrected chi connectivity index (χ0v) is 18.5. The normalized spacial score (nSPS) is 10.8. The van der Waals surface area contributed by atoms with Crippen molar-refractivity contribution in [1.29, 1.82) is 0 Å². The second kappa shape index (κ2) is 10.5. The Labute approximate surface area is 184 Å².